The zero-order valence-electron chi connectivity index (χ0n) is 11.9. The molecule has 2 heterocycles. The highest BCUT2D eigenvalue weighted by Gasteiger charge is 2.33. The lowest BCUT2D eigenvalue weighted by Crippen LogP contribution is -2.19. The minimum absolute atomic E-state index is 0.235. The van der Waals surface area contributed by atoms with Crippen LogP contribution in [0.25, 0.3) is 0 Å². The summed E-state index contributed by atoms with van der Waals surface area (Å²) in [5.41, 5.74) is 1.19. The number of anilines is 1. The van der Waals surface area contributed by atoms with Crippen LogP contribution in [-0.2, 0) is 19.1 Å². The van der Waals surface area contributed by atoms with E-state index in [1.807, 2.05) is 18.2 Å². The first-order chi connectivity index (χ1) is 10.4. The molecule has 0 radical (unpaired) electrons. The maximum absolute atomic E-state index is 12.7. The van der Waals surface area contributed by atoms with Crippen molar-refractivity contribution in [2.45, 2.75) is 19.1 Å². The number of halogens is 3. The van der Waals surface area contributed by atoms with Crippen LogP contribution < -0.4 is 9.64 Å². The number of ether oxygens (including phenoxy) is 1. The van der Waals surface area contributed by atoms with E-state index < -0.39 is 11.9 Å². The number of hydrogen-bond acceptors (Lipinski definition) is 4. The molecule has 0 unspecified atom stereocenters. The molecule has 0 N–H and O–H groups in total. The lowest BCUT2D eigenvalue weighted by Gasteiger charge is -2.19. The first-order valence-corrected chi connectivity index (χ1v) is 6.78. The Bertz CT molecular complexity index is 688. The van der Waals surface area contributed by atoms with E-state index in [1.54, 1.807) is 11.9 Å². The van der Waals surface area contributed by atoms with Gasteiger partial charge in [0.05, 0.1) is 6.61 Å². The molecule has 1 aliphatic heterocycles. The summed E-state index contributed by atoms with van der Waals surface area (Å²) in [6.45, 7) is 1.14. The lowest BCUT2D eigenvalue weighted by atomic mass is 10.1. The maximum atomic E-state index is 12.7. The Morgan fingerprint density at radius 3 is 2.82 bits per heavy atom. The molecule has 1 aliphatic rings. The van der Waals surface area contributed by atoms with Gasteiger partial charge in [-0.15, -0.1) is 0 Å². The van der Waals surface area contributed by atoms with Crippen molar-refractivity contribution in [1.82, 2.24) is 9.97 Å². The van der Waals surface area contributed by atoms with E-state index in [-0.39, 0.29) is 5.82 Å². The predicted molar refractivity (Wildman–Crippen MR) is 74.8 cm³/mol. The summed E-state index contributed by atoms with van der Waals surface area (Å²) in [5, 5.41) is 0. The third-order valence-corrected chi connectivity index (χ3v) is 3.51. The second-order valence-corrected chi connectivity index (χ2v) is 5.16. The summed E-state index contributed by atoms with van der Waals surface area (Å²) in [5.74, 6) is 1.12. The van der Waals surface area contributed by atoms with Crippen LogP contribution in [0.5, 0.6) is 5.75 Å². The zero-order valence-corrected chi connectivity index (χ0v) is 11.9. The van der Waals surface area contributed by atoms with E-state index in [4.69, 9.17) is 4.74 Å². The maximum Gasteiger partial charge on any atom is 0.433 e. The Hall–Kier alpha value is -2.31. The number of nitrogens with zero attached hydrogens (tertiary/aromatic N) is 3. The number of rotatable bonds is 3. The summed E-state index contributed by atoms with van der Waals surface area (Å²) in [4.78, 5) is 8.84. The van der Waals surface area contributed by atoms with Gasteiger partial charge in [0, 0.05) is 26.1 Å². The molecule has 0 fully saturated rings. The molecule has 116 valence electrons. The monoisotopic (exact) mass is 309 g/mol. The highest BCUT2D eigenvalue weighted by molar-refractivity contribution is 5.43. The van der Waals surface area contributed by atoms with Crippen molar-refractivity contribution in [1.29, 1.82) is 0 Å². The summed E-state index contributed by atoms with van der Waals surface area (Å²) >= 11 is 0. The van der Waals surface area contributed by atoms with Gasteiger partial charge in [0.15, 0.2) is 0 Å². The average molecular weight is 309 g/mol. The molecular weight excluding hydrogens is 295 g/mol. The van der Waals surface area contributed by atoms with Gasteiger partial charge < -0.3 is 9.64 Å². The van der Waals surface area contributed by atoms with Crippen molar-refractivity contribution in [2.75, 3.05) is 18.6 Å². The van der Waals surface area contributed by atoms with Crippen LogP contribution in [0.2, 0.25) is 0 Å². The Labute approximate surface area is 125 Å². The molecule has 0 spiro atoms. The molecule has 0 bridgehead atoms. The molecule has 7 heteroatoms. The van der Waals surface area contributed by atoms with Crippen molar-refractivity contribution in [3.8, 4) is 5.75 Å². The fourth-order valence-electron chi connectivity index (χ4n) is 2.40. The first kappa shape index (κ1) is 14.6. The van der Waals surface area contributed by atoms with Gasteiger partial charge in [-0.3, -0.25) is 0 Å². The summed E-state index contributed by atoms with van der Waals surface area (Å²) in [6.07, 6.45) is -2.67. The topological polar surface area (TPSA) is 38.2 Å². The molecular formula is C15H14F3N3O. The molecule has 22 heavy (non-hydrogen) atoms. The molecule has 0 saturated carbocycles. The van der Waals surface area contributed by atoms with E-state index >= 15 is 0 Å². The molecule has 0 atom stereocenters. The Morgan fingerprint density at radius 2 is 2.05 bits per heavy atom. The summed E-state index contributed by atoms with van der Waals surface area (Å²) in [7, 11) is 1.70. The minimum atomic E-state index is -4.47. The minimum Gasteiger partial charge on any atom is -0.493 e. The normalized spacial score (nSPS) is 13.6. The quantitative estimate of drug-likeness (QED) is 0.873. The van der Waals surface area contributed by atoms with Gasteiger partial charge in [-0.2, -0.15) is 13.2 Å². The van der Waals surface area contributed by atoms with Crippen LogP contribution in [0.15, 0.2) is 30.6 Å². The molecule has 0 amide bonds. The second kappa shape index (κ2) is 5.47. The van der Waals surface area contributed by atoms with Gasteiger partial charge >= 0.3 is 6.18 Å². The Balaban J connectivity index is 1.78. The van der Waals surface area contributed by atoms with Crippen LogP contribution >= 0.6 is 0 Å². The average Bonchev–Trinajstić information content (AvgIpc) is 2.94. The van der Waals surface area contributed by atoms with Crippen molar-refractivity contribution in [3.05, 3.63) is 47.4 Å². The van der Waals surface area contributed by atoms with E-state index in [1.165, 1.54) is 0 Å². The number of hydrogen-bond donors (Lipinski definition) is 0. The number of alkyl halides is 3. The molecule has 0 saturated heterocycles. The van der Waals surface area contributed by atoms with Gasteiger partial charge in [0.2, 0.25) is 0 Å². The van der Waals surface area contributed by atoms with Gasteiger partial charge in [-0.1, -0.05) is 12.1 Å². The number of benzene rings is 1. The van der Waals surface area contributed by atoms with Crippen molar-refractivity contribution in [2.24, 2.45) is 0 Å². The molecule has 4 nitrogen and oxygen atoms in total. The van der Waals surface area contributed by atoms with Crippen molar-refractivity contribution < 1.29 is 17.9 Å². The van der Waals surface area contributed by atoms with Crippen molar-refractivity contribution in [3.63, 3.8) is 0 Å². The van der Waals surface area contributed by atoms with Crippen LogP contribution in [-0.4, -0.2) is 23.6 Å². The summed E-state index contributed by atoms with van der Waals surface area (Å²) < 4.78 is 43.5. The van der Waals surface area contributed by atoms with Crippen LogP contribution in [0, 0.1) is 0 Å². The molecule has 0 aliphatic carbocycles. The Morgan fingerprint density at radius 1 is 1.23 bits per heavy atom. The molecule has 1 aromatic carbocycles. The van der Waals surface area contributed by atoms with E-state index in [2.05, 4.69) is 9.97 Å². The number of fused-ring (bicyclic) bond motifs is 1. The van der Waals surface area contributed by atoms with Crippen LogP contribution in [0.4, 0.5) is 19.0 Å². The standard InChI is InChI=1S/C15H14F3N3O/c1-21(14-7-13(15(16,17)18)19-9-20-14)8-10-2-3-12-11(6-10)4-5-22-12/h2-3,6-7,9H,4-5,8H2,1H3. The van der Waals surface area contributed by atoms with E-state index in [9.17, 15) is 13.2 Å². The van der Waals surface area contributed by atoms with Gasteiger partial charge in [0.1, 0.15) is 23.6 Å². The zero-order chi connectivity index (χ0) is 15.7. The van der Waals surface area contributed by atoms with E-state index in [0.717, 1.165) is 35.7 Å². The largest absolute Gasteiger partial charge is 0.493 e. The van der Waals surface area contributed by atoms with E-state index in [0.29, 0.717) is 13.2 Å². The highest BCUT2D eigenvalue weighted by atomic mass is 19.4. The molecule has 3 rings (SSSR count). The van der Waals surface area contributed by atoms with Gasteiger partial charge in [-0.25, -0.2) is 9.97 Å². The van der Waals surface area contributed by atoms with Gasteiger partial charge in [0.25, 0.3) is 0 Å². The third kappa shape index (κ3) is 2.98. The second-order valence-electron chi connectivity index (χ2n) is 5.16. The summed E-state index contributed by atoms with van der Waals surface area (Å²) in [6, 6.07) is 6.78. The molecule has 1 aromatic heterocycles. The molecule has 2 aromatic rings. The van der Waals surface area contributed by atoms with Crippen molar-refractivity contribution >= 4 is 5.82 Å². The van der Waals surface area contributed by atoms with Gasteiger partial charge in [-0.05, 0) is 17.2 Å². The smallest absolute Gasteiger partial charge is 0.433 e. The van der Waals surface area contributed by atoms with Crippen LogP contribution in [0.1, 0.15) is 16.8 Å². The SMILES string of the molecule is CN(Cc1ccc2c(c1)CCO2)c1cc(C(F)(F)F)ncn1. The van der Waals surface area contributed by atoms with Crippen LogP contribution in [0.3, 0.4) is 0 Å². The predicted octanol–water partition coefficient (Wildman–Crippen LogP) is 3.07. The third-order valence-electron chi connectivity index (χ3n) is 3.51. The Kier molecular flexibility index (Phi) is 3.64. The fraction of sp³-hybridized carbons (Fsp3) is 0.333. The number of aromatic nitrogens is 2. The first-order valence-electron chi connectivity index (χ1n) is 6.78. The fourth-order valence-corrected chi connectivity index (χ4v) is 2.40. The highest BCUT2D eigenvalue weighted by Crippen LogP contribution is 2.30. The lowest BCUT2D eigenvalue weighted by molar-refractivity contribution is -0.141.